The summed E-state index contributed by atoms with van der Waals surface area (Å²) in [4.78, 5) is 3.87. The SMILES string of the molecule is N#Cc1nc(Nc2cc(F)ccc2F)ccc1N. The van der Waals surface area contributed by atoms with E-state index in [9.17, 15) is 8.78 Å². The quantitative estimate of drug-likeness (QED) is 0.853. The van der Waals surface area contributed by atoms with Gasteiger partial charge in [0.15, 0.2) is 5.69 Å². The van der Waals surface area contributed by atoms with Gasteiger partial charge in [-0.1, -0.05) is 0 Å². The first-order valence-corrected chi connectivity index (χ1v) is 4.99. The van der Waals surface area contributed by atoms with E-state index >= 15 is 0 Å². The second-order valence-electron chi connectivity index (χ2n) is 3.50. The Morgan fingerprint density at radius 3 is 2.72 bits per heavy atom. The first-order valence-electron chi connectivity index (χ1n) is 4.99. The monoisotopic (exact) mass is 246 g/mol. The molecule has 0 saturated carbocycles. The smallest absolute Gasteiger partial charge is 0.165 e. The fourth-order valence-electron chi connectivity index (χ4n) is 1.36. The standard InChI is InChI=1S/C12H8F2N4/c13-7-1-2-8(14)10(5-7)17-12-4-3-9(16)11(6-15)18-12/h1-5H,16H2,(H,17,18). The van der Waals surface area contributed by atoms with Crippen LogP contribution in [0.15, 0.2) is 30.3 Å². The van der Waals surface area contributed by atoms with Crippen molar-refractivity contribution >= 4 is 17.2 Å². The molecule has 0 amide bonds. The van der Waals surface area contributed by atoms with Gasteiger partial charge in [0.2, 0.25) is 0 Å². The lowest BCUT2D eigenvalue weighted by Gasteiger charge is -2.07. The molecule has 0 aliphatic rings. The number of hydrogen-bond acceptors (Lipinski definition) is 4. The lowest BCUT2D eigenvalue weighted by molar-refractivity contribution is 0.603. The molecule has 2 aromatic rings. The van der Waals surface area contributed by atoms with Gasteiger partial charge in [-0.15, -0.1) is 0 Å². The van der Waals surface area contributed by atoms with Crippen molar-refractivity contribution in [1.82, 2.24) is 4.98 Å². The molecule has 0 saturated heterocycles. The summed E-state index contributed by atoms with van der Waals surface area (Å²) in [5.41, 5.74) is 5.69. The van der Waals surface area contributed by atoms with Crippen molar-refractivity contribution in [3.05, 3.63) is 47.7 Å². The minimum absolute atomic E-state index is 0.0248. The van der Waals surface area contributed by atoms with Crippen LogP contribution in [-0.4, -0.2) is 4.98 Å². The first kappa shape index (κ1) is 11.8. The molecule has 0 radical (unpaired) electrons. The van der Waals surface area contributed by atoms with Crippen LogP contribution in [0.1, 0.15) is 5.69 Å². The van der Waals surface area contributed by atoms with E-state index in [1.54, 1.807) is 6.07 Å². The van der Waals surface area contributed by atoms with E-state index in [-0.39, 0.29) is 22.9 Å². The number of pyridine rings is 1. The number of rotatable bonds is 2. The predicted octanol–water partition coefficient (Wildman–Crippen LogP) is 2.56. The maximum atomic E-state index is 13.4. The van der Waals surface area contributed by atoms with Gasteiger partial charge in [-0.3, -0.25) is 0 Å². The first-order chi connectivity index (χ1) is 8.60. The van der Waals surface area contributed by atoms with Crippen LogP contribution in [0.2, 0.25) is 0 Å². The number of nitrogens with one attached hydrogen (secondary N) is 1. The van der Waals surface area contributed by atoms with Crippen molar-refractivity contribution < 1.29 is 8.78 Å². The summed E-state index contributed by atoms with van der Waals surface area (Å²) in [5.74, 6) is -0.978. The number of hydrogen-bond donors (Lipinski definition) is 2. The maximum Gasteiger partial charge on any atom is 0.165 e. The van der Waals surface area contributed by atoms with Crippen LogP contribution >= 0.6 is 0 Å². The van der Waals surface area contributed by atoms with Gasteiger partial charge in [-0.05, 0) is 24.3 Å². The van der Waals surface area contributed by atoms with E-state index in [1.807, 2.05) is 0 Å². The molecule has 4 nitrogen and oxygen atoms in total. The molecule has 0 aliphatic heterocycles. The molecule has 1 aromatic carbocycles. The summed E-state index contributed by atoms with van der Waals surface area (Å²) >= 11 is 0. The topological polar surface area (TPSA) is 74.7 Å². The average molecular weight is 246 g/mol. The van der Waals surface area contributed by atoms with Crippen molar-refractivity contribution in [3.63, 3.8) is 0 Å². The Balaban J connectivity index is 2.34. The van der Waals surface area contributed by atoms with Crippen LogP contribution in [-0.2, 0) is 0 Å². The highest BCUT2D eigenvalue weighted by atomic mass is 19.1. The molecule has 0 bridgehead atoms. The van der Waals surface area contributed by atoms with E-state index < -0.39 is 11.6 Å². The number of nitriles is 1. The Morgan fingerprint density at radius 1 is 1.22 bits per heavy atom. The fourth-order valence-corrected chi connectivity index (χ4v) is 1.36. The zero-order valence-electron chi connectivity index (χ0n) is 9.11. The Labute approximate surface area is 102 Å². The second-order valence-corrected chi connectivity index (χ2v) is 3.50. The maximum absolute atomic E-state index is 13.4. The highest BCUT2D eigenvalue weighted by Gasteiger charge is 2.06. The molecule has 90 valence electrons. The van der Waals surface area contributed by atoms with Crippen LogP contribution in [0.25, 0.3) is 0 Å². The third-order valence-corrected chi connectivity index (χ3v) is 2.22. The van der Waals surface area contributed by atoms with Gasteiger partial charge < -0.3 is 11.1 Å². The summed E-state index contributed by atoms with van der Waals surface area (Å²) in [7, 11) is 0. The van der Waals surface area contributed by atoms with Crippen LogP contribution in [0.4, 0.5) is 26.0 Å². The Kier molecular flexibility index (Phi) is 3.06. The van der Waals surface area contributed by atoms with Gasteiger partial charge in [0.25, 0.3) is 0 Å². The Bertz CT molecular complexity index is 634. The largest absolute Gasteiger partial charge is 0.396 e. The second kappa shape index (κ2) is 4.67. The Morgan fingerprint density at radius 2 is 2.00 bits per heavy atom. The summed E-state index contributed by atoms with van der Waals surface area (Å²) in [6.07, 6.45) is 0. The number of anilines is 3. The lowest BCUT2D eigenvalue weighted by atomic mass is 10.2. The number of nitrogens with zero attached hydrogens (tertiary/aromatic N) is 2. The normalized spacial score (nSPS) is 9.83. The van der Waals surface area contributed by atoms with E-state index in [0.29, 0.717) is 0 Å². The highest BCUT2D eigenvalue weighted by Crippen LogP contribution is 2.21. The van der Waals surface area contributed by atoms with Crippen LogP contribution in [0.5, 0.6) is 0 Å². The summed E-state index contributed by atoms with van der Waals surface area (Å²) in [6, 6.07) is 7.75. The molecular formula is C12H8F2N4. The zero-order chi connectivity index (χ0) is 13.1. The van der Waals surface area contributed by atoms with Crippen molar-refractivity contribution in [2.75, 3.05) is 11.1 Å². The predicted molar refractivity (Wildman–Crippen MR) is 63.0 cm³/mol. The van der Waals surface area contributed by atoms with Crippen LogP contribution < -0.4 is 11.1 Å². The summed E-state index contributed by atoms with van der Waals surface area (Å²) in [6.45, 7) is 0. The number of aromatic nitrogens is 1. The van der Waals surface area contributed by atoms with Crippen molar-refractivity contribution in [2.24, 2.45) is 0 Å². The van der Waals surface area contributed by atoms with Gasteiger partial charge in [-0.25, -0.2) is 13.8 Å². The summed E-state index contributed by atoms with van der Waals surface area (Å²) in [5, 5.41) is 11.3. The molecule has 0 unspecified atom stereocenters. The van der Waals surface area contributed by atoms with E-state index in [0.717, 1.165) is 18.2 Å². The third-order valence-electron chi connectivity index (χ3n) is 2.22. The van der Waals surface area contributed by atoms with Crippen molar-refractivity contribution in [1.29, 1.82) is 5.26 Å². The van der Waals surface area contributed by atoms with Gasteiger partial charge in [0.1, 0.15) is 23.5 Å². The van der Waals surface area contributed by atoms with Gasteiger partial charge >= 0.3 is 0 Å². The molecule has 0 aliphatic carbocycles. The molecule has 1 heterocycles. The number of nitrogens with two attached hydrogens (primary N) is 1. The lowest BCUT2D eigenvalue weighted by Crippen LogP contribution is -2.00. The molecule has 0 fully saturated rings. The molecule has 6 heteroatoms. The van der Waals surface area contributed by atoms with Gasteiger partial charge in [0, 0.05) is 6.07 Å². The molecule has 0 atom stereocenters. The minimum Gasteiger partial charge on any atom is -0.396 e. The fraction of sp³-hybridized carbons (Fsp3) is 0. The number of halogens is 2. The van der Waals surface area contributed by atoms with Crippen LogP contribution in [0.3, 0.4) is 0 Å². The average Bonchev–Trinajstić information content (AvgIpc) is 2.36. The van der Waals surface area contributed by atoms with Gasteiger partial charge in [-0.2, -0.15) is 5.26 Å². The van der Waals surface area contributed by atoms with Gasteiger partial charge in [0.05, 0.1) is 11.4 Å². The van der Waals surface area contributed by atoms with Crippen LogP contribution in [0, 0.1) is 23.0 Å². The van der Waals surface area contributed by atoms with E-state index in [4.69, 9.17) is 11.0 Å². The van der Waals surface area contributed by atoms with Crippen molar-refractivity contribution in [3.8, 4) is 6.07 Å². The zero-order valence-corrected chi connectivity index (χ0v) is 9.11. The molecule has 3 N–H and O–H groups in total. The molecule has 0 spiro atoms. The molecular weight excluding hydrogens is 238 g/mol. The molecule has 1 aromatic heterocycles. The molecule has 2 rings (SSSR count). The minimum atomic E-state index is -0.617. The summed E-state index contributed by atoms with van der Waals surface area (Å²) < 4.78 is 26.3. The van der Waals surface area contributed by atoms with Crippen molar-refractivity contribution in [2.45, 2.75) is 0 Å². The van der Waals surface area contributed by atoms with E-state index in [2.05, 4.69) is 10.3 Å². The molecule has 18 heavy (non-hydrogen) atoms. The number of nitrogen functional groups attached to an aromatic ring is 1. The Hall–Kier alpha value is -2.68. The number of benzene rings is 1. The highest BCUT2D eigenvalue weighted by molar-refractivity contribution is 5.61. The van der Waals surface area contributed by atoms with E-state index in [1.165, 1.54) is 12.1 Å². The third kappa shape index (κ3) is 2.35.